The minimum Gasteiger partial charge on any atom is -1.00 e. The Bertz CT molecular complexity index is 1570. The minimum absolute atomic E-state index is 0. The molecule has 0 radical (unpaired) electrons. The zero-order chi connectivity index (χ0) is 55.5. The van der Waals surface area contributed by atoms with Gasteiger partial charge in [0, 0.05) is 26.7 Å². The predicted molar refractivity (Wildman–Crippen MR) is 293 cm³/mol. The molecule has 2 amide bonds. The first-order valence-electron chi connectivity index (χ1n) is 28.1. The van der Waals surface area contributed by atoms with Crippen molar-refractivity contribution in [3.05, 3.63) is 48.6 Å². The lowest BCUT2D eigenvalue weighted by Gasteiger charge is -2.30. The Morgan fingerprint density at radius 1 is 0.526 bits per heavy atom. The zero-order valence-corrected chi connectivity index (χ0v) is 49.9. The highest BCUT2D eigenvalue weighted by molar-refractivity contribution is 5.79. The number of quaternary nitrogens is 2. The van der Waals surface area contributed by atoms with Crippen molar-refractivity contribution in [2.45, 2.75) is 219 Å². The third-order valence-electron chi connectivity index (χ3n) is 12.6. The molecule has 0 bridgehead atoms. The van der Waals surface area contributed by atoms with Gasteiger partial charge in [0.05, 0.1) is 40.4 Å². The molecule has 16 nitrogen and oxygen atoms in total. The first-order chi connectivity index (χ1) is 35.2. The molecule has 4 N–H and O–H groups in total. The third-order valence-corrected chi connectivity index (χ3v) is 12.6. The second-order valence-corrected chi connectivity index (χ2v) is 21.0. The normalized spacial score (nSPS) is 13.9. The molecule has 0 saturated heterocycles. The van der Waals surface area contributed by atoms with Gasteiger partial charge < -0.3 is 73.6 Å². The summed E-state index contributed by atoms with van der Waals surface area (Å²) in [5, 5.41) is 27.8. The summed E-state index contributed by atoms with van der Waals surface area (Å²) in [6.45, 7) is 10.4. The van der Waals surface area contributed by atoms with Crippen molar-refractivity contribution in [1.29, 1.82) is 0 Å². The Morgan fingerprint density at radius 2 is 0.908 bits per heavy atom. The van der Waals surface area contributed by atoms with Gasteiger partial charge in [0.25, 0.3) is 0 Å². The Labute approximate surface area is 471 Å². The van der Waals surface area contributed by atoms with Gasteiger partial charge in [-0.15, -0.1) is 0 Å². The average Bonchev–Trinajstić information content (AvgIpc) is 3.31. The summed E-state index contributed by atoms with van der Waals surface area (Å²) in [7, 11) is 7.51. The van der Waals surface area contributed by atoms with Crippen LogP contribution in [0.5, 0.6) is 0 Å². The van der Waals surface area contributed by atoms with Crippen molar-refractivity contribution in [3.63, 3.8) is 0 Å². The van der Waals surface area contributed by atoms with Crippen LogP contribution in [0.1, 0.15) is 189 Å². The molecule has 0 spiro atoms. The van der Waals surface area contributed by atoms with E-state index in [1.165, 1.54) is 13.8 Å². The third kappa shape index (κ3) is 46.3. The van der Waals surface area contributed by atoms with Crippen LogP contribution in [-0.4, -0.2) is 153 Å². The molecule has 0 aliphatic rings. The molecule has 0 aromatic heterocycles. The molecule has 0 aliphatic heterocycles. The van der Waals surface area contributed by atoms with Gasteiger partial charge in [-0.1, -0.05) is 121 Å². The van der Waals surface area contributed by atoms with Gasteiger partial charge in [-0.05, 0) is 90.0 Å². The number of hydrogen-bond acceptors (Lipinski definition) is 12. The number of carbonyl (C=O) groups is 6. The smallest absolute Gasteiger partial charge is 0.362 e. The van der Waals surface area contributed by atoms with Crippen molar-refractivity contribution in [2.24, 2.45) is 0 Å². The summed E-state index contributed by atoms with van der Waals surface area (Å²) in [5.74, 6) is -1.68. The number of likely N-dealkylation sites (N-methyl/N-ethyl adjacent to an activating group) is 2. The fourth-order valence-electron chi connectivity index (χ4n) is 8.07. The number of ether oxygens (including phenoxy) is 4. The van der Waals surface area contributed by atoms with Crippen molar-refractivity contribution >= 4 is 35.7 Å². The first-order valence-corrected chi connectivity index (χ1v) is 28.1. The summed E-state index contributed by atoms with van der Waals surface area (Å²) in [6, 6.07) is 0. The van der Waals surface area contributed by atoms with Crippen LogP contribution >= 0.6 is 0 Å². The van der Waals surface area contributed by atoms with E-state index in [1.54, 1.807) is 6.08 Å². The summed E-state index contributed by atoms with van der Waals surface area (Å²) >= 11 is 0. The fourth-order valence-corrected chi connectivity index (χ4v) is 8.07. The molecular formula is C58H104Cl2N4O12. The number of nitrogens with zero attached hydrogens (tertiary/aromatic N) is 2. The maximum atomic E-state index is 12.9. The highest BCUT2D eigenvalue weighted by Crippen LogP contribution is 2.18. The number of allylic oxidation sites excluding steroid dienone is 5. The number of carbonyl (C=O) groups excluding carboxylic acids is 6. The van der Waals surface area contributed by atoms with Crippen LogP contribution in [0.3, 0.4) is 0 Å². The monoisotopic (exact) mass is 1120 g/mol. The van der Waals surface area contributed by atoms with Gasteiger partial charge in [-0.2, -0.15) is 0 Å². The Balaban J connectivity index is -0.0000266. The number of nitrogens with one attached hydrogen (secondary N) is 2. The second-order valence-electron chi connectivity index (χ2n) is 21.0. The molecule has 0 aromatic carbocycles. The van der Waals surface area contributed by atoms with Crippen molar-refractivity contribution < 1.29 is 91.7 Å². The molecule has 0 aromatic rings. The van der Waals surface area contributed by atoms with Crippen LogP contribution in [0.4, 0.5) is 0 Å². The summed E-state index contributed by atoms with van der Waals surface area (Å²) in [5.41, 5.74) is 0. The number of hydrogen-bond donors (Lipinski definition) is 4. The predicted octanol–water partition coefficient (Wildman–Crippen LogP) is 3.02. The van der Waals surface area contributed by atoms with Crippen molar-refractivity contribution in [3.8, 4) is 0 Å². The number of aliphatic hydroxyl groups excluding tert-OH is 2. The van der Waals surface area contributed by atoms with E-state index in [-0.39, 0.29) is 86.8 Å². The van der Waals surface area contributed by atoms with E-state index >= 15 is 0 Å². The summed E-state index contributed by atoms with van der Waals surface area (Å²) in [4.78, 5) is 73.6. The van der Waals surface area contributed by atoms with Crippen LogP contribution in [0, 0.1) is 0 Å². The summed E-state index contributed by atoms with van der Waals surface area (Å²) in [6.07, 6.45) is 31.7. The van der Waals surface area contributed by atoms with Crippen molar-refractivity contribution in [2.75, 3.05) is 67.6 Å². The number of esters is 4. The number of halogens is 2. The summed E-state index contributed by atoms with van der Waals surface area (Å²) < 4.78 is 22.3. The van der Waals surface area contributed by atoms with E-state index in [0.717, 1.165) is 116 Å². The Kier molecular flexibility index (Phi) is 48.6. The van der Waals surface area contributed by atoms with Gasteiger partial charge in [0.1, 0.15) is 44.7 Å². The average molecular weight is 1120 g/mol. The van der Waals surface area contributed by atoms with Crippen LogP contribution in [0.2, 0.25) is 0 Å². The maximum Gasteiger partial charge on any atom is 0.362 e. The van der Waals surface area contributed by atoms with Gasteiger partial charge in [0.15, 0.2) is 13.1 Å². The van der Waals surface area contributed by atoms with Crippen LogP contribution in [0.25, 0.3) is 0 Å². The molecular weight excluding hydrogens is 1020 g/mol. The maximum absolute atomic E-state index is 12.9. The molecule has 0 aliphatic carbocycles. The largest absolute Gasteiger partial charge is 1.00 e. The SMILES string of the molecule is C/C=C/C=C/C(NC(=O)CCCCCCCC=CCC(O)C(CCCCC)OC(=O)C[N+](C)(C)CCOC(C)=O)NC(=O)CCCCCCCC=CCC(O)C(CCCCC)OC(=O)C[N+](C)(C)CCOC(C)=O.[Cl-].[Cl-]. The van der Waals surface area contributed by atoms with E-state index < -0.39 is 30.6 Å². The number of aliphatic hydroxyl groups is 2. The van der Waals surface area contributed by atoms with Crippen LogP contribution < -0.4 is 35.4 Å². The lowest BCUT2D eigenvalue weighted by atomic mass is 10.0. The van der Waals surface area contributed by atoms with E-state index in [2.05, 4.69) is 36.6 Å². The highest BCUT2D eigenvalue weighted by Gasteiger charge is 2.29. The molecule has 18 heteroatoms. The quantitative estimate of drug-likeness (QED) is 0.0132. The number of rotatable bonds is 46. The molecule has 0 fully saturated rings. The van der Waals surface area contributed by atoms with Gasteiger partial charge in [-0.3, -0.25) is 19.2 Å². The first kappa shape index (κ1) is 76.4. The minimum atomic E-state index is -0.793. The fraction of sp³-hybridized carbons (Fsp3) is 0.759. The number of amides is 2. The molecule has 0 rings (SSSR count). The molecule has 442 valence electrons. The van der Waals surface area contributed by atoms with Gasteiger partial charge >= 0.3 is 23.9 Å². The molecule has 4 unspecified atom stereocenters. The Hall–Kier alpha value is -3.80. The molecule has 0 heterocycles. The van der Waals surface area contributed by atoms with Gasteiger partial charge in [0.2, 0.25) is 11.8 Å². The van der Waals surface area contributed by atoms with Gasteiger partial charge in [-0.25, -0.2) is 9.59 Å². The Morgan fingerprint density at radius 3 is 1.28 bits per heavy atom. The highest BCUT2D eigenvalue weighted by atomic mass is 35.5. The van der Waals surface area contributed by atoms with E-state index in [0.29, 0.717) is 60.6 Å². The lowest BCUT2D eigenvalue weighted by Crippen LogP contribution is -3.00. The molecule has 4 atom stereocenters. The standard InChI is InChI=1S/C58H102N4O12.2ClH/c1-10-13-28-37-52(73-57(69)46-61(6,7)42-44-71-48(4)63)50(65)35-31-24-20-16-18-22-26-33-40-55(67)59-54(39-30-15-12-3)60-56(68)41-34-27-23-19-17-21-25-32-36-51(66)53(38-29-14-11-2)74-58(70)47-62(8,9)43-45-72-49(5)64;;/h12,15,24-25,30-32,39,50-54,65-66H,10-11,13-14,16-23,26-29,33-38,40-47H2,1-9H3;2*1H/b15-12+,31-24?,32-25?,39-30+;;. The lowest BCUT2D eigenvalue weighted by molar-refractivity contribution is -0.883. The van der Waals surface area contributed by atoms with E-state index in [1.807, 2.05) is 65.5 Å². The number of unbranched alkanes of at least 4 members (excludes halogenated alkanes) is 14. The van der Waals surface area contributed by atoms with Crippen LogP contribution in [0.15, 0.2) is 48.6 Å². The second kappa shape index (κ2) is 48.3. The topological polar surface area (TPSA) is 204 Å². The molecule has 76 heavy (non-hydrogen) atoms. The van der Waals surface area contributed by atoms with E-state index in [4.69, 9.17) is 18.9 Å². The zero-order valence-electron chi connectivity index (χ0n) is 48.3. The van der Waals surface area contributed by atoms with Crippen LogP contribution in [-0.2, 0) is 47.7 Å². The van der Waals surface area contributed by atoms with Crippen molar-refractivity contribution in [1.82, 2.24) is 10.6 Å². The molecule has 0 saturated carbocycles. The van der Waals surface area contributed by atoms with E-state index in [9.17, 15) is 39.0 Å².